The van der Waals surface area contributed by atoms with Crippen molar-refractivity contribution >= 4 is 5.69 Å². The molecule has 0 aliphatic heterocycles. The number of benzene rings is 2. The van der Waals surface area contributed by atoms with Crippen LogP contribution in [0.5, 0.6) is 11.5 Å². The minimum Gasteiger partial charge on any atom is -0.508 e. The summed E-state index contributed by atoms with van der Waals surface area (Å²) in [5.74, 6) is 1.22. The van der Waals surface area contributed by atoms with Crippen molar-refractivity contribution in [3.63, 3.8) is 0 Å². The fraction of sp³-hybridized carbons (Fsp3) is 0.333. The minimum absolute atomic E-state index is 0.257. The summed E-state index contributed by atoms with van der Waals surface area (Å²) in [6, 6.07) is 12.0. The Kier molecular flexibility index (Phi) is 3.74. The molecule has 1 aliphatic rings. The Balaban J connectivity index is 1.88. The summed E-state index contributed by atoms with van der Waals surface area (Å²) in [6.45, 7) is 2.08. The van der Waals surface area contributed by atoms with Gasteiger partial charge >= 0.3 is 0 Å². The Hall–Kier alpha value is -2.16. The molecule has 1 atom stereocenters. The number of aryl methyl sites for hydroxylation is 2. The quantitative estimate of drug-likeness (QED) is 0.887. The number of phenolic OH excluding ortho intramolecular Hbond substituents is 1. The van der Waals surface area contributed by atoms with Gasteiger partial charge in [-0.3, -0.25) is 0 Å². The van der Waals surface area contributed by atoms with Crippen molar-refractivity contribution in [2.24, 2.45) is 0 Å². The number of methoxy groups -OCH3 is 1. The Morgan fingerprint density at radius 2 is 2.05 bits per heavy atom. The van der Waals surface area contributed by atoms with Crippen LogP contribution >= 0.6 is 0 Å². The van der Waals surface area contributed by atoms with Crippen molar-refractivity contribution < 1.29 is 9.84 Å². The lowest BCUT2D eigenvalue weighted by Gasteiger charge is -2.28. The van der Waals surface area contributed by atoms with E-state index in [1.165, 1.54) is 23.1 Å². The van der Waals surface area contributed by atoms with Gasteiger partial charge in [-0.1, -0.05) is 6.07 Å². The molecular formula is C18H21NO2. The van der Waals surface area contributed by atoms with E-state index in [2.05, 4.69) is 18.3 Å². The topological polar surface area (TPSA) is 41.5 Å². The predicted molar refractivity (Wildman–Crippen MR) is 85.1 cm³/mol. The highest BCUT2D eigenvalue weighted by Gasteiger charge is 2.21. The number of phenols is 1. The molecule has 2 aromatic rings. The molecule has 3 rings (SSSR count). The average molecular weight is 283 g/mol. The Morgan fingerprint density at radius 3 is 2.81 bits per heavy atom. The van der Waals surface area contributed by atoms with Crippen LogP contribution in [-0.4, -0.2) is 12.2 Å². The van der Waals surface area contributed by atoms with Gasteiger partial charge in [-0.2, -0.15) is 0 Å². The number of anilines is 1. The first kappa shape index (κ1) is 13.8. The van der Waals surface area contributed by atoms with E-state index < -0.39 is 0 Å². The first-order valence-corrected chi connectivity index (χ1v) is 7.40. The maximum absolute atomic E-state index is 9.75. The van der Waals surface area contributed by atoms with E-state index in [-0.39, 0.29) is 6.04 Å². The lowest BCUT2D eigenvalue weighted by Crippen LogP contribution is -2.17. The monoisotopic (exact) mass is 283 g/mol. The number of ether oxygens (including phenoxy) is 1. The first-order chi connectivity index (χ1) is 10.2. The molecule has 0 saturated heterocycles. The summed E-state index contributed by atoms with van der Waals surface area (Å²) >= 11 is 0. The van der Waals surface area contributed by atoms with Gasteiger partial charge in [0.2, 0.25) is 0 Å². The highest BCUT2D eigenvalue weighted by atomic mass is 16.5. The van der Waals surface area contributed by atoms with Gasteiger partial charge in [0.25, 0.3) is 0 Å². The number of hydrogen-bond acceptors (Lipinski definition) is 3. The molecule has 0 saturated carbocycles. The lowest BCUT2D eigenvalue weighted by molar-refractivity contribution is 0.414. The van der Waals surface area contributed by atoms with E-state index in [4.69, 9.17) is 4.74 Å². The fourth-order valence-corrected chi connectivity index (χ4v) is 3.05. The van der Waals surface area contributed by atoms with Crippen LogP contribution in [0.2, 0.25) is 0 Å². The minimum atomic E-state index is 0.257. The van der Waals surface area contributed by atoms with Gasteiger partial charge in [0.05, 0.1) is 13.2 Å². The maximum atomic E-state index is 9.75. The van der Waals surface area contributed by atoms with Gasteiger partial charge in [0.15, 0.2) is 0 Å². The second-order valence-electron chi connectivity index (χ2n) is 5.65. The predicted octanol–water partition coefficient (Wildman–Crippen LogP) is 4.20. The van der Waals surface area contributed by atoms with Crippen molar-refractivity contribution in [2.75, 3.05) is 12.4 Å². The zero-order valence-electron chi connectivity index (χ0n) is 12.5. The highest BCUT2D eigenvalue weighted by molar-refractivity contribution is 5.56. The molecule has 1 unspecified atom stereocenters. The van der Waals surface area contributed by atoms with Gasteiger partial charge in [0.1, 0.15) is 11.5 Å². The molecule has 0 heterocycles. The zero-order chi connectivity index (χ0) is 14.8. The summed E-state index contributed by atoms with van der Waals surface area (Å²) in [5, 5.41) is 13.4. The molecule has 0 amide bonds. The van der Waals surface area contributed by atoms with Crippen molar-refractivity contribution in [3.8, 4) is 11.5 Å². The molecule has 2 N–H and O–H groups in total. The second kappa shape index (κ2) is 5.68. The van der Waals surface area contributed by atoms with Crippen LogP contribution in [0.15, 0.2) is 36.4 Å². The molecule has 0 aromatic heterocycles. The zero-order valence-corrected chi connectivity index (χ0v) is 12.5. The van der Waals surface area contributed by atoms with Crippen molar-refractivity contribution in [1.29, 1.82) is 0 Å². The van der Waals surface area contributed by atoms with Crippen LogP contribution < -0.4 is 10.1 Å². The first-order valence-electron chi connectivity index (χ1n) is 7.40. The molecule has 0 fully saturated rings. The van der Waals surface area contributed by atoms with E-state index in [1.807, 2.05) is 24.3 Å². The maximum Gasteiger partial charge on any atom is 0.119 e. The molecule has 110 valence electrons. The average Bonchev–Trinajstić information content (AvgIpc) is 2.49. The summed E-state index contributed by atoms with van der Waals surface area (Å²) < 4.78 is 5.25. The molecule has 3 nitrogen and oxygen atoms in total. The summed E-state index contributed by atoms with van der Waals surface area (Å²) in [5.41, 5.74) is 4.85. The standard InChI is InChI=1S/C18H21NO2/c1-12-10-15(21-2)8-9-17(12)19-18-5-3-4-13-6-7-14(20)11-16(13)18/h6-11,18-20H,3-5H2,1-2H3. The SMILES string of the molecule is COc1ccc(NC2CCCc3ccc(O)cc32)c(C)c1. The van der Waals surface area contributed by atoms with E-state index >= 15 is 0 Å². The van der Waals surface area contributed by atoms with Gasteiger partial charge in [-0.15, -0.1) is 0 Å². The number of rotatable bonds is 3. The van der Waals surface area contributed by atoms with Crippen LogP contribution in [-0.2, 0) is 6.42 Å². The van der Waals surface area contributed by atoms with Crippen LogP contribution in [0.3, 0.4) is 0 Å². The number of nitrogens with one attached hydrogen (secondary N) is 1. The summed E-state index contributed by atoms with van der Waals surface area (Å²) in [4.78, 5) is 0. The van der Waals surface area contributed by atoms with Crippen molar-refractivity contribution in [2.45, 2.75) is 32.2 Å². The van der Waals surface area contributed by atoms with E-state index in [0.717, 1.165) is 24.3 Å². The third-order valence-corrected chi connectivity index (χ3v) is 4.21. The summed E-state index contributed by atoms with van der Waals surface area (Å²) in [6.07, 6.45) is 3.35. The second-order valence-corrected chi connectivity index (χ2v) is 5.65. The van der Waals surface area contributed by atoms with Gasteiger partial charge in [-0.25, -0.2) is 0 Å². The Bertz CT molecular complexity index is 652. The van der Waals surface area contributed by atoms with E-state index in [1.54, 1.807) is 13.2 Å². The molecule has 1 aliphatic carbocycles. The van der Waals surface area contributed by atoms with Crippen LogP contribution in [0.1, 0.15) is 35.6 Å². The van der Waals surface area contributed by atoms with Crippen LogP contribution in [0.25, 0.3) is 0 Å². The smallest absolute Gasteiger partial charge is 0.119 e. The number of hydrogen-bond donors (Lipinski definition) is 2. The Morgan fingerprint density at radius 1 is 1.19 bits per heavy atom. The van der Waals surface area contributed by atoms with Crippen LogP contribution in [0, 0.1) is 6.92 Å². The summed E-state index contributed by atoms with van der Waals surface area (Å²) in [7, 11) is 1.68. The van der Waals surface area contributed by atoms with E-state index in [0.29, 0.717) is 5.75 Å². The van der Waals surface area contributed by atoms with E-state index in [9.17, 15) is 5.11 Å². The van der Waals surface area contributed by atoms with Crippen LogP contribution in [0.4, 0.5) is 5.69 Å². The van der Waals surface area contributed by atoms with Gasteiger partial charge < -0.3 is 15.2 Å². The molecule has 2 aromatic carbocycles. The van der Waals surface area contributed by atoms with Crippen molar-refractivity contribution in [1.82, 2.24) is 0 Å². The Labute approximate surface area is 125 Å². The number of fused-ring (bicyclic) bond motifs is 1. The molecule has 21 heavy (non-hydrogen) atoms. The normalized spacial score (nSPS) is 17.1. The fourth-order valence-electron chi connectivity index (χ4n) is 3.05. The van der Waals surface area contributed by atoms with Gasteiger partial charge in [-0.05, 0) is 73.2 Å². The molecular weight excluding hydrogens is 262 g/mol. The van der Waals surface area contributed by atoms with Gasteiger partial charge in [0, 0.05) is 5.69 Å². The molecule has 3 heteroatoms. The van der Waals surface area contributed by atoms with Crippen molar-refractivity contribution in [3.05, 3.63) is 53.1 Å². The number of aromatic hydroxyl groups is 1. The largest absolute Gasteiger partial charge is 0.508 e. The highest BCUT2D eigenvalue weighted by Crippen LogP contribution is 2.35. The molecule has 0 bridgehead atoms. The lowest BCUT2D eigenvalue weighted by atomic mass is 9.87. The molecule has 0 radical (unpaired) electrons. The third-order valence-electron chi connectivity index (χ3n) is 4.21. The third kappa shape index (κ3) is 2.82. The molecule has 0 spiro atoms.